The van der Waals surface area contributed by atoms with E-state index in [-0.39, 0.29) is 13.1 Å². The Morgan fingerprint density at radius 3 is 1.38 bits per heavy atom. The molecule has 0 fully saturated rings. The number of aliphatic hydroxyl groups excluding tert-OH is 2. The van der Waals surface area contributed by atoms with Gasteiger partial charge in [-0.25, -0.2) is 0 Å². The first-order valence-corrected chi connectivity index (χ1v) is 7.57. The monoisotopic (exact) mass is 279 g/mol. The molecule has 0 aliphatic carbocycles. The molecule has 0 saturated heterocycles. The summed E-state index contributed by atoms with van der Waals surface area (Å²) in [5, 5.41) is 17.2. The van der Waals surface area contributed by atoms with Crippen molar-refractivity contribution in [3.63, 3.8) is 0 Å². The van der Waals surface area contributed by atoms with Crippen LogP contribution in [0.2, 0.25) is 0 Å². The predicted molar refractivity (Wildman–Crippen MR) is 53.6 cm³/mol. The molecular formula is C5H15NO8P2. The van der Waals surface area contributed by atoms with E-state index >= 15 is 0 Å². The van der Waals surface area contributed by atoms with Crippen molar-refractivity contribution in [2.24, 2.45) is 0 Å². The Balaban J connectivity index is 5.14. The fraction of sp³-hybridized carbons (Fsp3) is 1.00. The molecule has 11 heteroatoms. The molecule has 0 spiro atoms. The minimum absolute atomic E-state index is 0.360. The molecule has 0 aromatic carbocycles. The van der Waals surface area contributed by atoms with Gasteiger partial charge in [-0.1, -0.05) is 0 Å². The van der Waals surface area contributed by atoms with Crippen LogP contribution in [0.25, 0.3) is 0 Å². The summed E-state index contributed by atoms with van der Waals surface area (Å²) in [5.41, 5.74) is -2.33. The van der Waals surface area contributed by atoms with Crippen LogP contribution in [0.5, 0.6) is 0 Å². The predicted octanol–water partition coefficient (Wildman–Crippen LogP) is -2.09. The fourth-order valence-corrected chi connectivity index (χ4v) is 4.10. The van der Waals surface area contributed by atoms with Gasteiger partial charge in [0.1, 0.15) is 0 Å². The second-order valence-electron chi connectivity index (χ2n) is 3.01. The van der Waals surface area contributed by atoms with Gasteiger partial charge in [-0.15, -0.1) is 0 Å². The van der Waals surface area contributed by atoms with E-state index in [0.717, 1.165) is 0 Å². The summed E-state index contributed by atoms with van der Waals surface area (Å²) in [7, 11) is -10.1. The van der Waals surface area contributed by atoms with Crippen molar-refractivity contribution in [1.29, 1.82) is 0 Å². The van der Waals surface area contributed by atoms with Crippen LogP contribution in [-0.2, 0) is 9.13 Å². The highest BCUT2D eigenvalue weighted by Gasteiger charge is 2.47. The maximum Gasteiger partial charge on any atom is 0.354 e. The van der Waals surface area contributed by atoms with Crippen LogP contribution in [0.1, 0.15) is 0 Å². The molecule has 0 atom stereocenters. The molecule has 0 heterocycles. The summed E-state index contributed by atoms with van der Waals surface area (Å²) in [5.74, 6) is 0. The van der Waals surface area contributed by atoms with E-state index < -0.39 is 33.9 Å². The van der Waals surface area contributed by atoms with Gasteiger partial charge in [0.2, 0.25) is 5.52 Å². The second kappa shape index (κ2) is 6.20. The van der Waals surface area contributed by atoms with Crippen LogP contribution < -0.4 is 0 Å². The second-order valence-corrected chi connectivity index (χ2v) is 6.75. The van der Waals surface area contributed by atoms with Crippen LogP contribution in [-0.4, -0.2) is 66.5 Å². The summed E-state index contributed by atoms with van der Waals surface area (Å²) in [6.07, 6.45) is 0. The van der Waals surface area contributed by atoms with Gasteiger partial charge in [-0.3, -0.25) is 14.0 Å². The fourth-order valence-electron chi connectivity index (χ4n) is 1.22. The third kappa shape index (κ3) is 5.01. The lowest BCUT2D eigenvalue weighted by Crippen LogP contribution is -2.39. The number of rotatable bonds is 7. The van der Waals surface area contributed by atoms with Crippen molar-refractivity contribution in [2.45, 2.75) is 5.52 Å². The molecule has 0 aromatic rings. The lowest BCUT2D eigenvalue weighted by Gasteiger charge is -2.30. The lowest BCUT2D eigenvalue weighted by atomic mass is 10.5. The highest BCUT2D eigenvalue weighted by molar-refractivity contribution is 7.70. The molecule has 0 bridgehead atoms. The van der Waals surface area contributed by atoms with E-state index in [1.165, 1.54) is 0 Å². The van der Waals surface area contributed by atoms with Gasteiger partial charge in [0.15, 0.2) is 0 Å². The van der Waals surface area contributed by atoms with Crippen molar-refractivity contribution in [3.8, 4) is 0 Å². The minimum Gasteiger partial charge on any atom is -0.395 e. The van der Waals surface area contributed by atoms with E-state index in [4.69, 9.17) is 29.8 Å². The largest absolute Gasteiger partial charge is 0.395 e. The molecule has 0 aliphatic rings. The summed E-state index contributed by atoms with van der Waals surface area (Å²) in [4.78, 5) is 36.1. The molecule has 0 radical (unpaired) electrons. The van der Waals surface area contributed by atoms with Gasteiger partial charge < -0.3 is 29.8 Å². The first-order chi connectivity index (χ1) is 7.14. The zero-order valence-corrected chi connectivity index (χ0v) is 10.0. The molecular weight excluding hydrogens is 264 g/mol. The van der Waals surface area contributed by atoms with Gasteiger partial charge in [0.05, 0.1) is 13.2 Å². The van der Waals surface area contributed by atoms with Gasteiger partial charge in [0.25, 0.3) is 0 Å². The summed E-state index contributed by atoms with van der Waals surface area (Å²) < 4.78 is 21.9. The van der Waals surface area contributed by atoms with Crippen LogP contribution in [0.3, 0.4) is 0 Å². The quantitative estimate of drug-likeness (QED) is 0.287. The number of hydrogen-bond donors (Lipinski definition) is 6. The minimum atomic E-state index is -5.07. The summed E-state index contributed by atoms with van der Waals surface area (Å²) in [6, 6.07) is 0. The number of hydrogen-bond acceptors (Lipinski definition) is 5. The topological polar surface area (TPSA) is 159 Å². The van der Waals surface area contributed by atoms with Crippen LogP contribution in [0.4, 0.5) is 0 Å². The smallest absolute Gasteiger partial charge is 0.354 e. The Bertz CT molecular complexity index is 269. The molecule has 16 heavy (non-hydrogen) atoms. The maximum atomic E-state index is 11.0. The molecule has 9 nitrogen and oxygen atoms in total. The number of nitrogens with zero attached hydrogens (tertiary/aromatic N) is 1. The van der Waals surface area contributed by atoms with Crippen molar-refractivity contribution in [2.75, 3.05) is 26.3 Å². The van der Waals surface area contributed by atoms with E-state index in [9.17, 15) is 9.13 Å². The molecule has 6 N–H and O–H groups in total. The molecule has 0 unspecified atom stereocenters. The highest BCUT2D eigenvalue weighted by Crippen LogP contribution is 2.60. The van der Waals surface area contributed by atoms with E-state index in [2.05, 4.69) is 0 Å². The van der Waals surface area contributed by atoms with Crippen LogP contribution in [0.15, 0.2) is 0 Å². The summed E-state index contributed by atoms with van der Waals surface area (Å²) >= 11 is 0. The Hall–Kier alpha value is 0.180. The van der Waals surface area contributed by atoms with Crippen LogP contribution >= 0.6 is 15.2 Å². The summed E-state index contributed by atoms with van der Waals surface area (Å²) in [6.45, 7) is -1.81. The third-order valence-electron chi connectivity index (χ3n) is 1.70. The standard InChI is InChI=1S/C5H15NO8P2/c7-3-1-6(2-4-8)5(15(9,10)11)16(12,13)14/h5,7-8H,1-4H2,(H2,9,10,11)(H2,12,13,14). The van der Waals surface area contributed by atoms with E-state index in [1.54, 1.807) is 0 Å². The average Bonchev–Trinajstić information content (AvgIpc) is 1.99. The normalized spacial score (nSPS) is 13.8. The van der Waals surface area contributed by atoms with E-state index in [1.807, 2.05) is 0 Å². The molecule has 0 saturated carbocycles. The van der Waals surface area contributed by atoms with Crippen molar-refractivity contribution in [1.82, 2.24) is 4.90 Å². The van der Waals surface area contributed by atoms with Gasteiger partial charge in [-0.05, 0) is 0 Å². The Kier molecular flexibility index (Phi) is 6.27. The van der Waals surface area contributed by atoms with Crippen molar-refractivity contribution < 1.29 is 38.9 Å². The highest BCUT2D eigenvalue weighted by atomic mass is 31.2. The van der Waals surface area contributed by atoms with E-state index in [0.29, 0.717) is 4.90 Å². The van der Waals surface area contributed by atoms with Crippen molar-refractivity contribution >= 4 is 15.2 Å². The first-order valence-electron chi connectivity index (χ1n) is 4.20. The SMILES string of the molecule is O=P(O)(O)C(N(CCO)CCO)P(=O)(O)O. The van der Waals surface area contributed by atoms with Gasteiger partial charge in [-0.2, -0.15) is 0 Å². The van der Waals surface area contributed by atoms with Crippen LogP contribution in [0, 0.1) is 0 Å². The van der Waals surface area contributed by atoms with Crippen molar-refractivity contribution in [3.05, 3.63) is 0 Å². The third-order valence-corrected chi connectivity index (χ3v) is 5.36. The average molecular weight is 279 g/mol. The lowest BCUT2D eigenvalue weighted by molar-refractivity contribution is 0.149. The Morgan fingerprint density at radius 1 is 0.875 bits per heavy atom. The zero-order chi connectivity index (χ0) is 13.0. The van der Waals surface area contributed by atoms with Gasteiger partial charge >= 0.3 is 15.2 Å². The molecule has 0 amide bonds. The van der Waals surface area contributed by atoms with Gasteiger partial charge in [0, 0.05) is 13.1 Å². The molecule has 98 valence electrons. The maximum absolute atomic E-state index is 11.0. The Labute approximate surface area is 91.7 Å². The molecule has 0 aromatic heterocycles. The number of aliphatic hydroxyl groups is 2. The zero-order valence-electron chi connectivity index (χ0n) is 8.25. The first kappa shape index (κ1) is 16.2. The molecule has 0 aliphatic heterocycles. The molecule has 0 rings (SSSR count). The Morgan fingerprint density at radius 2 is 1.19 bits per heavy atom.